The van der Waals surface area contributed by atoms with Crippen LogP contribution in [0.25, 0.3) is 17.1 Å². The predicted molar refractivity (Wildman–Crippen MR) is 86.4 cm³/mol. The Morgan fingerprint density at radius 1 is 1.05 bits per heavy atom. The smallest absolute Gasteiger partial charge is 0.170 e. The lowest BCUT2D eigenvalue weighted by Gasteiger charge is -2.19. The number of hydrogen-bond donors (Lipinski definition) is 0. The Balaban J connectivity index is 1.99. The van der Waals surface area contributed by atoms with Gasteiger partial charge < -0.3 is 0 Å². The number of hydrogen-bond acceptors (Lipinski definition) is 3. The van der Waals surface area contributed by atoms with Crippen molar-refractivity contribution in [2.75, 3.05) is 0 Å². The molecule has 2 heterocycles. The highest BCUT2D eigenvalue weighted by atomic mass is 35.5. The van der Waals surface area contributed by atoms with Crippen molar-refractivity contribution < 1.29 is 0 Å². The second kappa shape index (κ2) is 5.05. The number of benzene rings is 2. The van der Waals surface area contributed by atoms with Crippen LogP contribution in [-0.4, -0.2) is 14.8 Å². The molecular weight excluding hydrogens is 325 g/mol. The van der Waals surface area contributed by atoms with Crippen LogP contribution in [0.5, 0.6) is 0 Å². The zero-order chi connectivity index (χ0) is 14.4. The van der Waals surface area contributed by atoms with Gasteiger partial charge in [0.2, 0.25) is 0 Å². The monoisotopic (exact) mass is 333 g/mol. The van der Waals surface area contributed by atoms with Crippen LogP contribution in [0, 0.1) is 0 Å². The summed E-state index contributed by atoms with van der Waals surface area (Å²) in [5.74, 6) is 2.44. The summed E-state index contributed by atoms with van der Waals surface area (Å²) < 4.78 is 2.06. The maximum atomic E-state index is 6.31. The molecule has 2 aromatic carbocycles. The Labute approximate surface area is 135 Å². The molecule has 1 aliphatic heterocycles. The van der Waals surface area contributed by atoms with Crippen molar-refractivity contribution in [1.82, 2.24) is 14.8 Å². The average molecular weight is 334 g/mol. The number of halogens is 2. The van der Waals surface area contributed by atoms with Gasteiger partial charge in [-0.15, -0.1) is 22.0 Å². The van der Waals surface area contributed by atoms with E-state index in [1.807, 2.05) is 18.2 Å². The molecule has 0 spiro atoms. The molecule has 1 aliphatic rings. The highest BCUT2D eigenvalue weighted by Crippen LogP contribution is 2.38. The van der Waals surface area contributed by atoms with Crippen LogP contribution in [0.4, 0.5) is 0 Å². The molecule has 4 rings (SSSR count). The number of rotatable bonds is 1. The fourth-order valence-electron chi connectivity index (χ4n) is 2.41. The SMILES string of the molecule is Clc1ccc(Cl)c(-c2nnc3n2-c2ccccc2SC3)c1. The Kier molecular flexibility index (Phi) is 3.17. The number of nitrogens with zero attached hydrogens (tertiary/aromatic N) is 3. The molecule has 3 nitrogen and oxygen atoms in total. The second-order valence-corrected chi connectivity index (χ2v) is 6.52. The summed E-state index contributed by atoms with van der Waals surface area (Å²) in [4.78, 5) is 1.21. The van der Waals surface area contributed by atoms with E-state index in [9.17, 15) is 0 Å². The van der Waals surface area contributed by atoms with Gasteiger partial charge in [0.05, 0.1) is 16.5 Å². The maximum absolute atomic E-state index is 6.31. The van der Waals surface area contributed by atoms with Gasteiger partial charge >= 0.3 is 0 Å². The van der Waals surface area contributed by atoms with E-state index in [1.54, 1.807) is 23.9 Å². The summed E-state index contributed by atoms with van der Waals surface area (Å²) in [5.41, 5.74) is 1.88. The van der Waals surface area contributed by atoms with E-state index in [-0.39, 0.29) is 0 Å². The van der Waals surface area contributed by atoms with E-state index in [0.717, 1.165) is 28.7 Å². The van der Waals surface area contributed by atoms with Crippen LogP contribution in [0.15, 0.2) is 47.4 Å². The molecule has 0 aliphatic carbocycles. The van der Waals surface area contributed by atoms with Gasteiger partial charge in [0.25, 0.3) is 0 Å². The molecule has 0 saturated carbocycles. The highest BCUT2D eigenvalue weighted by Gasteiger charge is 2.23. The molecule has 6 heteroatoms. The summed E-state index contributed by atoms with van der Waals surface area (Å²) in [6.45, 7) is 0. The molecule has 0 N–H and O–H groups in total. The minimum atomic E-state index is 0.616. The van der Waals surface area contributed by atoms with E-state index < -0.39 is 0 Å². The summed E-state index contributed by atoms with van der Waals surface area (Å²) in [5, 5.41) is 9.86. The van der Waals surface area contributed by atoms with Crippen LogP contribution in [0.3, 0.4) is 0 Å². The first-order valence-corrected chi connectivity index (χ1v) is 8.10. The third-order valence-corrected chi connectivity index (χ3v) is 4.99. The van der Waals surface area contributed by atoms with Gasteiger partial charge in [-0.05, 0) is 30.3 Å². The summed E-state index contributed by atoms with van der Waals surface area (Å²) >= 11 is 14.2. The highest BCUT2D eigenvalue weighted by molar-refractivity contribution is 7.98. The van der Waals surface area contributed by atoms with E-state index >= 15 is 0 Å². The quantitative estimate of drug-likeness (QED) is 0.637. The van der Waals surface area contributed by atoms with Crippen LogP contribution in [0.2, 0.25) is 10.0 Å². The van der Waals surface area contributed by atoms with E-state index in [2.05, 4.69) is 26.9 Å². The third kappa shape index (κ3) is 2.14. The normalized spacial score (nSPS) is 12.9. The summed E-state index contributed by atoms with van der Waals surface area (Å²) in [7, 11) is 0. The van der Waals surface area contributed by atoms with Gasteiger partial charge in [-0.25, -0.2) is 0 Å². The number of thioether (sulfide) groups is 1. The first kappa shape index (κ1) is 13.2. The maximum Gasteiger partial charge on any atom is 0.170 e. The molecule has 0 bridgehead atoms. The largest absolute Gasteiger partial charge is 0.277 e. The Morgan fingerprint density at radius 2 is 1.90 bits per heavy atom. The van der Waals surface area contributed by atoms with Gasteiger partial charge in [-0.3, -0.25) is 4.57 Å². The molecule has 0 amide bonds. The molecule has 0 atom stereocenters. The Hall–Kier alpha value is -1.49. The minimum absolute atomic E-state index is 0.616. The van der Waals surface area contributed by atoms with Crippen LogP contribution in [0.1, 0.15) is 5.82 Å². The van der Waals surface area contributed by atoms with Crippen molar-refractivity contribution in [3.05, 3.63) is 58.3 Å². The molecule has 1 aromatic heterocycles. The van der Waals surface area contributed by atoms with E-state index in [1.165, 1.54) is 4.90 Å². The first-order valence-electron chi connectivity index (χ1n) is 6.36. The van der Waals surface area contributed by atoms with Gasteiger partial charge in [0.1, 0.15) is 5.82 Å². The van der Waals surface area contributed by atoms with Gasteiger partial charge in [-0.1, -0.05) is 35.3 Å². The van der Waals surface area contributed by atoms with Gasteiger partial charge in [0.15, 0.2) is 5.82 Å². The molecule has 104 valence electrons. The van der Waals surface area contributed by atoms with Gasteiger partial charge in [0, 0.05) is 15.5 Å². The zero-order valence-electron chi connectivity index (χ0n) is 10.8. The van der Waals surface area contributed by atoms with Crippen LogP contribution in [-0.2, 0) is 5.75 Å². The van der Waals surface area contributed by atoms with Crippen molar-refractivity contribution >= 4 is 35.0 Å². The lowest BCUT2D eigenvalue weighted by molar-refractivity contribution is 0.923. The number of aromatic nitrogens is 3. The predicted octanol–water partition coefficient (Wildman–Crippen LogP) is 4.85. The minimum Gasteiger partial charge on any atom is -0.277 e. The van der Waals surface area contributed by atoms with Gasteiger partial charge in [-0.2, -0.15) is 0 Å². The van der Waals surface area contributed by atoms with Crippen LogP contribution < -0.4 is 0 Å². The molecule has 0 saturated heterocycles. The summed E-state index contributed by atoms with van der Waals surface area (Å²) in [6, 6.07) is 13.6. The van der Waals surface area contributed by atoms with Crippen molar-refractivity contribution in [3.8, 4) is 17.1 Å². The van der Waals surface area contributed by atoms with Crippen molar-refractivity contribution in [3.63, 3.8) is 0 Å². The molecule has 3 aromatic rings. The Morgan fingerprint density at radius 3 is 2.81 bits per heavy atom. The lowest BCUT2D eigenvalue weighted by atomic mass is 10.2. The third-order valence-electron chi connectivity index (χ3n) is 3.36. The topological polar surface area (TPSA) is 30.7 Å². The van der Waals surface area contributed by atoms with E-state index in [4.69, 9.17) is 23.2 Å². The van der Waals surface area contributed by atoms with Crippen molar-refractivity contribution in [2.45, 2.75) is 10.6 Å². The zero-order valence-corrected chi connectivity index (χ0v) is 13.1. The van der Waals surface area contributed by atoms with Crippen LogP contribution >= 0.6 is 35.0 Å². The fraction of sp³-hybridized carbons (Fsp3) is 0.0667. The van der Waals surface area contributed by atoms with Crippen molar-refractivity contribution in [1.29, 1.82) is 0 Å². The molecule has 0 radical (unpaired) electrons. The fourth-order valence-corrected chi connectivity index (χ4v) is 3.74. The Bertz CT molecular complexity index is 845. The van der Waals surface area contributed by atoms with E-state index in [0.29, 0.717) is 10.0 Å². The van der Waals surface area contributed by atoms with Crippen molar-refractivity contribution in [2.24, 2.45) is 0 Å². The molecule has 0 unspecified atom stereocenters. The number of para-hydroxylation sites is 1. The second-order valence-electron chi connectivity index (χ2n) is 4.66. The molecule has 0 fully saturated rings. The molecular formula is C15H9Cl2N3S. The average Bonchev–Trinajstić information content (AvgIpc) is 2.94. The number of fused-ring (bicyclic) bond motifs is 3. The lowest BCUT2D eigenvalue weighted by Crippen LogP contribution is -2.07. The summed E-state index contributed by atoms with van der Waals surface area (Å²) in [6.07, 6.45) is 0. The first-order chi connectivity index (χ1) is 10.2. The molecule has 21 heavy (non-hydrogen) atoms. The standard InChI is InChI=1S/C15H9Cl2N3S/c16-9-5-6-11(17)10(7-9)15-19-18-14-8-21-13-4-2-1-3-12(13)20(14)15/h1-7H,8H2.